The minimum Gasteiger partial charge on any atom is -0.384 e. The number of imidazole rings is 1. The van der Waals surface area contributed by atoms with Crippen LogP contribution in [0.15, 0.2) is 39.3 Å². The average molecular weight is 368 g/mol. The third-order valence-corrected chi connectivity index (χ3v) is 3.42. The fourth-order valence-corrected chi connectivity index (χ4v) is 3.03. The fourth-order valence-electron chi connectivity index (χ4n) is 1.73. The number of pyridine rings is 1. The number of H-pyrrole nitrogens is 1. The molecule has 4 nitrogen and oxygen atoms in total. The lowest BCUT2D eigenvalue weighted by atomic mass is 10.2. The smallest absolute Gasteiger partial charge is 0.180 e. The lowest BCUT2D eigenvalue weighted by Crippen LogP contribution is -1.88. The normalized spacial score (nSPS) is 11.0. The number of aromatic nitrogens is 3. The number of nitrogens with zero attached hydrogens (tertiary/aromatic N) is 2. The van der Waals surface area contributed by atoms with Crippen molar-refractivity contribution in [3.63, 3.8) is 0 Å². The second-order valence-electron chi connectivity index (χ2n) is 3.85. The number of nitrogens with two attached hydrogens (primary N) is 1. The van der Waals surface area contributed by atoms with Crippen LogP contribution in [0.4, 0.5) is 5.82 Å². The highest BCUT2D eigenvalue weighted by atomic mass is 79.9. The first-order valence-corrected chi connectivity index (χ1v) is 6.79. The molecule has 2 aromatic heterocycles. The van der Waals surface area contributed by atoms with Gasteiger partial charge in [-0.1, -0.05) is 31.9 Å². The quantitative estimate of drug-likeness (QED) is 0.688. The number of fused-ring (bicyclic) bond motifs is 1. The lowest BCUT2D eigenvalue weighted by Gasteiger charge is -1.99. The van der Waals surface area contributed by atoms with Gasteiger partial charge in [0.25, 0.3) is 0 Å². The second kappa shape index (κ2) is 4.37. The van der Waals surface area contributed by atoms with E-state index in [0.29, 0.717) is 11.5 Å². The number of halogens is 2. The molecule has 0 radical (unpaired) electrons. The predicted molar refractivity (Wildman–Crippen MR) is 79.1 cm³/mol. The maximum Gasteiger partial charge on any atom is 0.180 e. The van der Waals surface area contributed by atoms with Crippen LogP contribution in [0, 0.1) is 0 Å². The van der Waals surface area contributed by atoms with Gasteiger partial charge in [0.05, 0.1) is 5.52 Å². The van der Waals surface area contributed by atoms with Crippen molar-refractivity contribution in [2.24, 2.45) is 0 Å². The Hall–Kier alpha value is -1.40. The van der Waals surface area contributed by atoms with Gasteiger partial charge in [-0.3, -0.25) is 0 Å². The van der Waals surface area contributed by atoms with Gasteiger partial charge >= 0.3 is 0 Å². The molecular weight excluding hydrogens is 360 g/mol. The summed E-state index contributed by atoms with van der Waals surface area (Å²) >= 11 is 6.92. The Morgan fingerprint density at radius 1 is 1.00 bits per heavy atom. The van der Waals surface area contributed by atoms with E-state index in [1.165, 1.54) is 0 Å². The molecule has 0 aliphatic rings. The molecule has 0 fully saturated rings. The summed E-state index contributed by atoms with van der Waals surface area (Å²) in [4.78, 5) is 11.8. The monoisotopic (exact) mass is 366 g/mol. The van der Waals surface area contributed by atoms with Crippen LogP contribution in [0.2, 0.25) is 0 Å². The van der Waals surface area contributed by atoms with Crippen LogP contribution in [0.1, 0.15) is 0 Å². The third kappa shape index (κ3) is 2.13. The number of nitrogens with one attached hydrogen (secondary N) is 1. The van der Waals surface area contributed by atoms with Gasteiger partial charge in [0.1, 0.15) is 11.6 Å². The summed E-state index contributed by atoms with van der Waals surface area (Å²) in [6.45, 7) is 0. The predicted octanol–water partition coefficient (Wildman–Crippen LogP) is 3.73. The van der Waals surface area contributed by atoms with Gasteiger partial charge in [-0.15, -0.1) is 0 Å². The molecule has 0 atom stereocenters. The van der Waals surface area contributed by atoms with Gasteiger partial charge in [-0.25, -0.2) is 9.97 Å². The summed E-state index contributed by atoms with van der Waals surface area (Å²) < 4.78 is 1.97. The van der Waals surface area contributed by atoms with E-state index in [9.17, 15) is 0 Å². The molecule has 0 amide bonds. The Bertz CT molecular complexity index is 716. The zero-order valence-electron chi connectivity index (χ0n) is 9.11. The van der Waals surface area contributed by atoms with Crippen LogP contribution in [0.25, 0.3) is 22.6 Å². The molecule has 1 aromatic carbocycles. The van der Waals surface area contributed by atoms with E-state index in [1.54, 1.807) is 6.07 Å². The molecule has 0 aliphatic heterocycles. The van der Waals surface area contributed by atoms with Gasteiger partial charge in [-0.05, 0) is 30.3 Å². The zero-order chi connectivity index (χ0) is 12.7. The Kier molecular flexibility index (Phi) is 2.83. The molecular formula is C12H8Br2N4. The number of hydrogen-bond acceptors (Lipinski definition) is 3. The van der Waals surface area contributed by atoms with Gasteiger partial charge in [-0.2, -0.15) is 0 Å². The van der Waals surface area contributed by atoms with Crippen molar-refractivity contribution in [2.45, 2.75) is 0 Å². The van der Waals surface area contributed by atoms with Crippen LogP contribution in [0.3, 0.4) is 0 Å². The topological polar surface area (TPSA) is 67.6 Å². The maximum atomic E-state index is 5.64. The first kappa shape index (κ1) is 11.7. The SMILES string of the molecule is Nc1ccc2[nH]c(-c3cc(Br)cc(Br)c3)nc2n1. The number of anilines is 1. The van der Waals surface area contributed by atoms with Crippen molar-refractivity contribution in [3.05, 3.63) is 39.3 Å². The standard InChI is InChI=1S/C12H8Br2N4/c13-7-3-6(4-8(14)5-7)11-16-9-1-2-10(15)17-12(9)18-11/h1-5H,(H3,15,16,17,18). The van der Waals surface area contributed by atoms with Gasteiger partial charge in [0.15, 0.2) is 5.65 Å². The molecule has 90 valence electrons. The second-order valence-corrected chi connectivity index (χ2v) is 5.68. The lowest BCUT2D eigenvalue weighted by molar-refractivity contribution is 1.30. The van der Waals surface area contributed by atoms with Crippen molar-refractivity contribution >= 4 is 48.8 Å². The summed E-state index contributed by atoms with van der Waals surface area (Å²) in [5, 5.41) is 0. The molecule has 2 heterocycles. The summed E-state index contributed by atoms with van der Waals surface area (Å²) in [7, 11) is 0. The van der Waals surface area contributed by atoms with Crippen molar-refractivity contribution in [1.29, 1.82) is 0 Å². The Labute approximate surface area is 120 Å². The average Bonchev–Trinajstić information content (AvgIpc) is 2.70. The molecule has 18 heavy (non-hydrogen) atoms. The highest BCUT2D eigenvalue weighted by molar-refractivity contribution is 9.11. The highest BCUT2D eigenvalue weighted by Gasteiger charge is 2.08. The maximum absolute atomic E-state index is 5.64. The molecule has 6 heteroatoms. The minimum absolute atomic E-state index is 0.468. The molecule has 0 spiro atoms. The fraction of sp³-hybridized carbons (Fsp3) is 0. The van der Waals surface area contributed by atoms with Gasteiger partial charge in [0.2, 0.25) is 0 Å². The van der Waals surface area contributed by atoms with Crippen LogP contribution in [0.5, 0.6) is 0 Å². The molecule has 0 aliphatic carbocycles. The molecule has 0 bridgehead atoms. The largest absolute Gasteiger partial charge is 0.384 e. The first-order valence-electron chi connectivity index (χ1n) is 5.20. The Balaban J connectivity index is 2.19. The van der Waals surface area contributed by atoms with Crippen LogP contribution < -0.4 is 5.73 Å². The number of hydrogen-bond donors (Lipinski definition) is 2. The van der Waals surface area contributed by atoms with E-state index in [2.05, 4.69) is 46.8 Å². The number of nitrogen functional groups attached to an aromatic ring is 1. The Morgan fingerprint density at radius 3 is 2.44 bits per heavy atom. The summed E-state index contributed by atoms with van der Waals surface area (Å²) in [6, 6.07) is 9.59. The minimum atomic E-state index is 0.468. The van der Waals surface area contributed by atoms with Gasteiger partial charge < -0.3 is 10.7 Å². The molecule has 3 rings (SSSR count). The van der Waals surface area contributed by atoms with Crippen molar-refractivity contribution < 1.29 is 0 Å². The summed E-state index contributed by atoms with van der Waals surface area (Å²) in [5.41, 5.74) is 8.12. The summed E-state index contributed by atoms with van der Waals surface area (Å²) in [5.74, 6) is 1.24. The summed E-state index contributed by atoms with van der Waals surface area (Å²) in [6.07, 6.45) is 0. The van der Waals surface area contributed by atoms with Gasteiger partial charge in [0, 0.05) is 14.5 Å². The molecule has 3 aromatic rings. The molecule has 0 unspecified atom stereocenters. The van der Waals surface area contributed by atoms with Crippen molar-refractivity contribution in [1.82, 2.24) is 15.0 Å². The zero-order valence-corrected chi connectivity index (χ0v) is 12.3. The molecule has 0 saturated carbocycles. The van der Waals surface area contributed by atoms with Crippen molar-refractivity contribution in [2.75, 3.05) is 5.73 Å². The Morgan fingerprint density at radius 2 is 1.72 bits per heavy atom. The van der Waals surface area contributed by atoms with Crippen molar-refractivity contribution in [3.8, 4) is 11.4 Å². The van der Waals surface area contributed by atoms with E-state index in [-0.39, 0.29) is 0 Å². The number of aromatic amines is 1. The van der Waals surface area contributed by atoms with Crippen LogP contribution in [-0.2, 0) is 0 Å². The van der Waals surface area contributed by atoms with E-state index in [0.717, 1.165) is 25.8 Å². The van der Waals surface area contributed by atoms with E-state index in [1.807, 2.05) is 24.3 Å². The molecule has 3 N–H and O–H groups in total. The first-order chi connectivity index (χ1) is 8.61. The van der Waals surface area contributed by atoms with E-state index < -0.39 is 0 Å². The highest BCUT2D eigenvalue weighted by Crippen LogP contribution is 2.27. The number of rotatable bonds is 1. The van der Waals surface area contributed by atoms with E-state index in [4.69, 9.17) is 5.73 Å². The number of benzene rings is 1. The van der Waals surface area contributed by atoms with Crippen LogP contribution in [-0.4, -0.2) is 15.0 Å². The van der Waals surface area contributed by atoms with E-state index >= 15 is 0 Å². The van der Waals surface area contributed by atoms with Crippen LogP contribution >= 0.6 is 31.9 Å². The third-order valence-electron chi connectivity index (χ3n) is 2.50. The molecule has 0 saturated heterocycles.